The van der Waals surface area contributed by atoms with Crippen LogP contribution in [-0.2, 0) is 24.5 Å². The summed E-state index contributed by atoms with van der Waals surface area (Å²) in [4.78, 5) is 11.6. The molecule has 1 saturated heterocycles. The van der Waals surface area contributed by atoms with E-state index >= 15 is 0 Å². The quantitative estimate of drug-likeness (QED) is 0.523. The molecule has 0 aromatic rings. The van der Waals surface area contributed by atoms with Gasteiger partial charge < -0.3 is 9.47 Å². The van der Waals surface area contributed by atoms with E-state index in [1.165, 1.54) is 18.5 Å². The molecule has 1 aliphatic heterocycles. The van der Waals surface area contributed by atoms with Crippen molar-refractivity contribution in [3.63, 3.8) is 0 Å². The van der Waals surface area contributed by atoms with Gasteiger partial charge in [-0.15, -0.1) is 0 Å². The summed E-state index contributed by atoms with van der Waals surface area (Å²) in [7, 11) is -0.901. The summed E-state index contributed by atoms with van der Waals surface area (Å²) in [6.45, 7) is 0.807. The van der Waals surface area contributed by atoms with Crippen LogP contribution in [0.4, 0.5) is 0 Å². The normalized spacial score (nSPS) is 21.8. The number of piperidine rings is 1. The molecule has 1 heterocycles. The molecule has 0 aliphatic carbocycles. The maximum absolute atomic E-state index is 12.0. The number of methoxy groups -OCH3 is 2. The summed E-state index contributed by atoms with van der Waals surface area (Å²) < 4.78 is 37.1. The monoisotopic (exact) mass is 280 g/mol. The van der Waals surface area contributed by atoms with Crippen LogP contribution in [0.1, 0.15) is 19.3 Å². The lowest BCUT2D eigenvalue weighted by molar-refractivity contribution is -0.146. The van der Waals surface area contributed by atoms with E-state index in [1.54, 1.807) is 0 Å². The zero-order chi connectivity index (χ0) is 13.6. The van der Waals surface area contributed by atoms with E-state index in [-0.39, 0.29) is 13.2 Å². The fraction of sp³-hybridized carbons (Fsp3) is 0.900. The van der Waals surface area contributed by atoms with Gasteiger partial charge in [0.25, 0.3) is 10.2 Å². The maximum Gasteiger partial charge on any atom is 0.324 e. The average molecular weight is 280 g/mol. The van der Waals surface area contributed by atoms with Crippen LogP contribution < -0.4 is 4.72 Å². The van der Waals surface area contributed by atoms with Crippen molar-refractivity contribution in [2.24, 2.45) is 0 Å². The van der Waals surface area contributed by atoms with Crippen LogP contribution in [0.5, 0.6) is 0 Å². The Morgan fingerprint density at radius 3 is 2.72 bits per heavy atom. The minimum Gasteiger partial charge on any atom is -0.468 e. The highest BCUT2D eigenvalue weighted by atomic mass is 32.2. The summed E-state index contributed by atoms with van der Waals surface area (Å²) in [6.07, 6.45) is 2.07. The van der Waals surface area contributed by atoms with E-state index in [1.807, 2.05) is 0 Å². The van der Waals surface area contributed by atoms with Gasteiger partial charge in [0.05, 0.1) is 13.7 Å². The third-order valence-electron chi connectivity index (χ3n) is 2.83. The lowest BCUT2D eigenvalue weighted by Gasteiger charge is -2.32. The van der Waals surface area contributed by atoms with Gasteiger partial charge in [-0.25, -0.2) is 0 Å². The first-order valence-corrected chi connectivity index (χ1v) is 7.30. The number of hydrogen-bond acceptors (Lipinski definition) is 5. The van der Waals surface area contributed by atoms with Gasteiger partial charge >= 0.3 is 5.97 Å². The van der Waals surface area contributed by atoms with Crippen molar-refractivity contribution < 1.29 is 22.7 Å². The van der Waals surface area contributed by atoms with Gasteiger partial charge in [-0.1, -0.05) is 0 Å². The zero-order valence-electron chi connectivity index (χ0n) is 10.7. The zero-order valence-corrected chi connectivity index (χ0v) is 11.5. The second-order valence-corrected chi connectivity index (χ2v) is 5.75. The summed E-state index contributed by atoms with van der Waals surface area (Å²) in [5.41, 5.74) is 0. The molecular formula is C10H20N2O5S. The Bertz CT molecular complexity index is 370. The van der Waals surface area contributed by atoms with Crippen LogP contribution in [0.2, 0.25) is 0 Å². The molecule has 0 spiro atoms. The van der Waals surface area contributed by atoms with Crippen LogP contribution in [0.15, 0.2) is 0 Å². The molecule has 7 nitrogen and oxygen atoms in total. The number of hydrogen-bond donors (Lipinski definition) is 1. The van der Waals surface area contributed by atoms with Crippen molar-refractivity contribution in [3.8, 4) is 0 Å². The number of ether oxygens (including phenoxy) is 2. The molecule has 0 unspecified atom stereocenters. The van der Waals surface area contributed by atoms with Crippen molar-refractivity contribution in [1.82, 2.24) is 9.03 Å². The molecule has 106 valence electrons. The molecule has 0 bridgehead atoms. The molecule has 0 saturated carbocycles. The van der Waals surface area contributed by atoms with Gasteiger partial charge in [0.2, 0.25) is 0 Å². The van der Waals surface area contributed by atoms with E-state index in [4.69, 9.17) is 4.74 Å². The Labute approximate surface area is 108 Å². The number of nitrogens with zero attached hydrogens (tertiary/aromatic N) is 1. The minimum atomic E-state index is -3.66. The number of carbonyl (C=O) groups excluding carboxylic acids is 1. The van der Waals surface area contributed by atoms with Gasteiger partial charge in [-0.05, 0) is 19.3 Å². The van der Waals surface area contributed by atoms with Crippen LogP contribution >= 0.6 is 0 Å². The van der Waals surface area contributed by atoms with Crippen molar-refractivity contribution in [3.05, 3.63) is 0 Å². The van der Waals surface area contributed by atoms with Crippen LogP contribution in [0.25, 0.3) is 0 Å². The number of carbonyl (C=O) groups is 1. The lowest BCUT2D eigenvalue weighted by Crippen LogP contribution is -2.52. The van der Waals surface area contributed by atoms with E-state index in [9.17, 15) is 13.2 Å². The third-order valence-corrected chi connectivity index (χ3v) is 4.45. The standard InChI is InChI=1S/C10H20N2O5S/c1-16-8-6-11-18(14,15)12-7-4-3-5-9(12)10(13)17-2/h9,11H,3-8H2,1-2H3/t9-/m1/s1. The van der Waals surface area contributed by atoms with Crippen molar-refractivity contribution in [2.75, 3.05) is 33.9 Å². The highest BCUT2D eigenvalue weighted by Crippen LogP contribution is 2.20. The molecule has 1 fully saturated rings. The second-order valence-electron chi connectivity index (χ2n) is 4.04. The fourth-order valence-corrected chi connectivity index (χ4v) is 3.32. The second kappa shape index (κ2) is 7.03. The van der Waals surface area contributed by atoms with Gasteiger partial charge in [0, 0.05) is 20.2 Å². The molecule has 1 atom stereocenters. The highest BCUT2D eigenvalue weighted by Gasteiger charge is 2.37. The molecule has 18 heavy (non-hydrogen) atoms. The number of nitrogens with one attached hydrogen (secondary N) is 1. The Morgan fingerprint density at radius 1 is 1.39 bits per heavy atom. The Kier molecular flexibility index (Phi) is 6.00. The van der Waals surface area contributed by atoms with Gasteiger partial charge in [0.1, 0.15) is 6.04 Å². The predicted octanol–water partition coefficient (Wildman–Crippen LogP) is -0.505. The largest absolute Gasteiger partial charge is 0.468 e. The first-order chi connectivity index (χ1) is 8.53. The topological polar surface area (TPSA) is 84.9 Å². The summed E-state index contributed by atoms with van der Waals surface area (Å²) in [5, 5.41) is 0. The van der Waals surface area contributed by atoms with Crippen LogP contribution in [0.3, 0.4) is 0 Å². The predicted molar refractivity (Wildman–Crippen MR) is 65.2 cm³/mol. The molecule has 1 rings (SSSR count). The first kappa shape index (κ1) is 15.4. The molecule has 1 aliphatic rings. The van der Waals surface area contributed by atoms with Crippen LogP contribution in [0, 0.1) is 0 Å². The van der Waals surface area contributed by atoms with Crippen molar-refractivity contribution in [1.29, 1.82) is 0 Å². The Morgan fingerprint density at radius 2 is 2.11 bits per heavy atom. The SMILES string of the molecule is COCCNS(=O)(=O)N1CCCC[C@@H]1C(=O)OC. The average Bonchev–Trinajstić information content (AvgIpc) is 2.38. The summed E-state index contributed by atoms with van der Waals surface area (Å²) in [5.74, 6) is -0.508. The molecular weight excluding hydrogens is 260 g/mol. The lowest BCUT2D eigenvalue weighted by atomic mass is 10.1. The molecule has 0 aromatic carbocycles. The molecule has 8 heteroatoms. The molecule has 0 radical (unpaired) electrons. The molecule has 0 aromatic heterocycles. The minimum absolute atomic E-state index is 0.184. The van der Waals surface area contributed by atoms with Crippen molar-refractivity contribution in [2.45, 2.75) is 25.3 Å². The van der Waals surface area contributed by atoms with Gasteiger partial charge in [-0.3, -0.25) is 4.79 Å². The maximum atomic E-state index is 12.0. The van der Waals surface area contributed by atoms with E-state index in [0.717, 1.165) is 12.8 Å². The smallest absolute Gasteiger partial charge is 0.324 e. The van der Waals surface area contributed by atoms with E-state index < -0.39 is 22.2 Å². The first-order valence-electron chi connectivity index (χ1n) is 5.86. The fourth-order valence-electron chi connectivity index (χ4n) is 1.92. The number of esters is 1. The Hall–Kier alpha value is -0.700. The van der Waals surface area contributed by atoms with Crippen molar-refractivity contribution >= 4 is 16.2 Å². The third kappa shape index (κ3) is 3.91. The van der Waals surface area contributed by atoms with Crippen LogP contribution in [-0.4, -0.2) is 58.7 Å². The molecule has 1 N–H and O–H groups in total. The van der Waals surface area contributed by atoms with E-state index in [0.29, 0.717) is 13.0 Å². The highest BCUT2D eigenvalue weighted by molar-refractivity contribution is 7.87. The summed E-state index contributed by atoms with van der Waals surface area (Å²) in [6, 6.07) is -0.719. The Balaban J connectivity index is 2.73. The van der Waals surface area contributed by atoms with Gasteiger partial charge in [-0.2, -0.15) is 17.4 Å². The number of rotatable bonds is 6. The van der Waals surface area contributed by atoms with E-state index in [2.05, 4.69) is 9.46 Å². The summed E-state index contributed by atoms with van der Waals surface area (Å²) >= 11 is 0. The van der Waals surface area contributed by atoms with Gasteiger partial charge in [0.15, 0.2) is 0 Å². The molecule has 0 amide bonds.